The number of amides is 1. The first-order valence-electron chi connectivity index (χ1n) is 29.8. The van der Waals surface area contributed by atoms with E-state index < -0.39 is 86.8 Å². The Kier molecular flexibility index (Phi) is 43.5. The van der Waals surface area contributed by atoms with E-state index in [0.29, 0.717) is 12.8 Å². The highest BCUT2D eigenvalue weighted by atomic mass is 16.7. The molecule has 0 aliphatic carbocycles. The molecular weight excluding hydrogens is 991 g/mol. The molecule has 0 aromatic carbocycles. The summed E-state index contributed by atoms with van der Waals surface area (Å²) in [6.07, 6.45) is 52.4. The Labute approximate surface area is 469 Å². The van der Waals surface area contributed by atoms with E-state index in [1.807, 2.05) is 6.08 Å². The van der Waals surface area contributed by atoms with Crippen molar-refractivity contribution >= 4 is 5.91 Å². The summed E-state index contributed by atoms with van der Waals surface area (Å²) in [4.78, 5) is 13.2. The van der Waals surface area contributed by atoms with Gasteiger partial charge in [0.15, 0.2) is 12.6 Å². The molecule has 14 heteroatoms. The number of rotatable bonds is 45. The van der Waals surface area contributed by atoms with Gasteiger partial charge in [-0.3, -0.25) is 4.79 Å². The number of hydrogen-bond donors (Lipinski definition) is 9. The summed E-state index contributed by atoms with van der Waals surface area (Å²) in [7, 11) is 0. The van der Waals surface area contributed by atoms with Crippen molar-refractivity contribution in [1.29, 1.82) is 0 Å². The van der Waals surface area contributed by atoms with Crippen LogP contribution in [0, 0.1) is 0 Å². The molecule has 0 radical (unpaired) electrons. The first-order valence-corrected chi connectivity index (χ1v) is 29.8. The lowest BCUT2D eigenvalue weighted by molar-refractivity contribution is -0.359. The number of aliphatic hydroxyl groups is 8. The van der Waals surface area contributed by atoms with Gasteiger partial charge in [0.05, 0.1) is 32.0 Å². The van der Waals surface area contributed by atoms with Crippen LogP contribution in [-0.2, 0) is 23.7 Å². The van der Waals surface area contributed by atoms with Crippen molar-refractivity contribution < 1.29 is 64.6 Å². The average molecular weight is 1100 g/mol. The molecule has 444 valence electrons. The van der Waals surface area contributed by atoms with Gasteiger partial charge in [-0.15, -0.1) is 0 Å². The number of carbonyl (C=O) groups is 1. The predicted octanol–water partition coefficient (Wildman–Crippen LogP) is 10.2. The highest BCUT2D eigenvalue weighted by Crippen LogP contribution is 2.30. The minimum absolute atomic E-state index is 0.254. The summed E-state index contributed by atoms with van der Waals surface area (Å²) in [6.45, 7) is 2.59. The van der Waals surface area contributed by atoms with Gasteiger partial charge in [0.1, 0.15) is 48.8 Å². The van der Waals surface area contributed by atoms with Crippen LogP contribution in [0.1, 0.15) is 181 Å². The minimum Gasteiger partial charge on any atom is -0.394 e. The minimum atomic E-state index is -1.80. The molecule has 0 spiro atoms. The summed E-state index contributed by atoms with van der Waals surface area (Å²) in [5.41, 5.74) is 0. The van der Waals surface area contributed by atoms with Gasteiger partial charge in [-0.25, -0.2) is 0 Å². The van der Waals surface area contributed by atoms with Crippen molar-refractivity contribution in [2.45, 2.75) is 254 Å². The second-order valence-corrected chi connectivity index (χ2v) is 20.4. The summed E-state index contributed by atoms with van der Waals surface area (Å²) < 4.78 is 22.7. The maximum atomic E-state index is 13.2. The molecular formula is C64H105NO13. The molecule has 2 aliphatic rings. The van der Waals surface area contributed by atoms with Crippen LogP contribution in [-0.4, -0.2) is 140 Å². The van der Waals surface area contributed by atoms with E-state index in [1.165, 1.54) is 44.9 Å². The van der Waals surface area contributed by atoms with Crippen LogP contribution in [0.4, 0.5) is 0 Å². The van der Waals surface area contributed by atoms with E-state index in [9.17, 15) is 45.6 Å². The molecule has 2 aliphatic heterocycles. The van der Waals surface area contributed by atoms with E-state index in [4.69, 9.17) is 18.9 Å². The van der Waals surface area contributed by atoms with Crippen molar-refractivity contribution in [3.63, 3.8) is 0 Å². The van der Waals surface area contributed by atoms with Gasteiger partial charge in [-0.2, -0.15) is 0 Å². The van der Waals surface area contributed by atoms with Crippen molar-refractivity contribution in [1.82, 2.24) is 5.32 Å². The fourth-order valence-electron chi connectivity index (χ4n) is 8.83. The maximum absolute atomic E-state index is 13.2. The number of ether oxygens (including phenoxy) is 4. The molecule has 2 rings (SSSR count). The van der Waals surface area contributed by atoms with Crippen LogP contribution in [0.15, 0.2) is 122 Å². The normalized spacial score (nSPS) is 25.5. The van der Waals surface area contributed by atoms with Gasteiger partial charge in [0.25, 0.3) is 0 Å². The number of aliphatic hydroxyl groups excluding tert-OH is 8. The molecule has 0 aromatic rings. The van der Waals surface area contributed by atoms with Gasteiger partial charge < -0.3 is 65.1 Å². The Balaban J connectivity index is 1.72. The van der Waals surface area contributed by atoms with Gasteiger partial charge in [-0.05, 0) is 103 Å². The zero-order valence-corrected chi connectivity index (χ0v) is 47.6. The first-order chi connectivity index (χ1) is 38.1. The third kappa shape index (κ3) is 33.2. The van der Waals surface area contributed by atoms with Gasteiger partial charge in [0, 0.05) is 6.42 Å². The molecule has 1 amide bonds. The fourth-order valence-corrected chi connectivity index (χ4v) is 8.83. The molecule has 12 atom stereocenters. The second kappa shape index (κ2) is 48.1. The highest BCUT2D eigenvalue weighted by Gasteiger charge is 2.51. The molecule has 14 nitrogen and oxygen atoms in total. The molecule has 2 saturated heterocycles. The number of nitrogens with one attached hydrogen (secondary N) is 1. The number of unbranched alkanes of at least 4 members (excludes halogenated alkanes) is 14. The molecule has 12 unspecified atom stereocenters. The molecule has 78 heavy (non-hydrogen) atoms. The zero-order valence-electron chi connectivity index (χ0n) is 47.6. The van der Waals surface area contributed by atoms with Gasteiger partial charge >= 0.3 is 0 Å². The Hall–Kier alpha value is -3.61. The molecule has 0 bridgehead atoms. The summed E-state index contributed by atoms with van der Waals surface area (Å²) in [5, 5.41) is 86.9. The zero-order chi connectivity index (χ0) is 56.7. The van der Waals surface area contributed by atoms with Crippen molar-refractivity contribution in [3.8, 4) is 0 Å². The topological polar surface area (TPSA) is 228 Å². The Morgan fingerprint density at radius 1 is 0.474 bits per heavy atom. The van der Waals surface area contributed by atoms with E-state index in [1.54, 1.807) is 6.08 Å². The third-order valence-corrected chi connectivity index (χ3v) is 13.6. The molecule has 0 aromatic heterocycles. The first kappa shape index (κ1) is 70.5. The van der Waals surface area contributed by atoms with Crippen molar-refractivity contribution in [3.05, 3.63) is 122 Å². The van der Waals surface area contributed by atoms with Gasteiger partial charge in [0.2, 0.25) is 5.91 Å². The number of carbonyl (C=O) groups excluding carboxylic acids is 1. The standard InChI is InChI=1S/C64H105NO13/c1-3-5-7-9-11-13-15-17-18-19-20-21-22-23-24-25-26-27-28-29-30-31-32-33-34-36-38-40-42-44-46-48-56(69)65-52(53(68)47-45-43-41-39-37-35-16-14-12-10-8-6-4-2)51-75-63-61(74)59(72)62(55(50-67)77-63)78-64-60(73)58(71)57(70)54(49-66)76-64/h5,7,11-14,17-18,20-21,23-24,26-27,29-30,37,39,45,47,52-55,57-64,66-68,70-74H,3-4,6,8-10,15-16,19,22,25,28,31-36,38,40-44,46,48-51H2,1-2H3,(H,65,69)/b7-5-,13-11-,14-12+,18-17-,21-20-,24-23-,27-26-,30-29-,39-37+,47-45+. The molecule has 2 heterocycles. The van der Waals surface area contributed by atoms with Crippen LogP contribution in [0.3, 0.4) is 0 Å². The Morgan fingerprint density at radius 2 is 0.897 bits per heavy atom. The monoisotopic (exact) mass is 1100 g/mol. The van der Waals surface area contributed by atoms with E-state index in [2.05, 4.69) is 129 Å². The van der Waals surface area contributed by atoms with E-state index in [-0.39, 0.29) is 18.9 Å². The van der Waals surface area contributed by atoms with Crippen LogP contribution in [0.25, 0.3) is 0 Å². The Morgan fingerprint density at radius 3 is 1.41 bits per heavy atom. The second-order valence-electron chi connectivity index (χ2n) is 20.4. The molecule has 9 N–H and O–H groups in total. The quantitative estimate of drug-likeness (QED) is 0.0205. The lowest BCUT2D eigenvalue weighted by Gasteiger charge is -2.46. The summed E-state index contributed by atoms with van der Waals surface area (Å²) >= 11 is 0. The molecule has 2 fully saturated rings. The number of hydrogen-bond acceptors (Lipinski definition) is 13. The lowest BCUT2D eigenvalue weighted by Crippen LogP contribution is -2.65. The van der Waals surface area contributed by atoms with Gasteiger partial charge in [-0.1, -0.05) is 193 Å². The van der Waals surface area contributed by atoms with E-state index in [0.717, 1.165) is 103 Å². The smallest absolute Gasteiger partial charge is 0.220 e. The van der Waals surface area contributed by atoms with Crippen LogP contribution in [0.2, 0.25) is 0 Å². The highest BCUT2D eigenvalue weighted by molar-refractivity contribution is 5.76. The molecule has 0 saturated carbocycles. The van der Waals surface area contributed by atoms with Crippen molar-refractivity contribution in [2.75, 3.05) is 19.8 Å². The predicted molar refractivity (Wildman–Crippen MR) is 313 cm³/mol. The SMILES string of the molecule is CC/C=C\C/C=C\C/C=C\C/C=C\C/C=C\C/C=C\C/C=C\CCCCCCCCCCCC(=O)NC(COC1OC(CO)C(OC2OC(CO)C(O)C(O)C2O)C(O)C1O)C(O)/C=C/CC/C=C/CC/C=C/CCCCC. The largest absolute Gasteiger partial charge is 0.394 e. The maximum Gasteiger partial charge on any atom is 0.220 e. The third-order valence-electron chi connectivity index (χ3n) is 13.6. The summed E-state index contributed by atoms with van der Waals surface area (Å²) in [5.74, 6) is -0.267. The van der Waals surface area contributed by atoms with Crippen LogP contribution >= 0.6 is 0 Å². The number of allylic oxidation sites excluding steroid dienone is 19. The van der Waals surface area contributed by atoms with Crippen molar-refractivity contribution in [2.24, 2.45) is 0 Å². The summed E-state index contributed by atoms with van der Waals surface area (Å²) in [6, 6.07) is -0.949. The van der Waals surface area contributed by atoms with Crippen LogP contribution < -0.4 is 5.32 Å². The Bertz CT molecular complexity index is 1770. The average Bonchev–Trinajstić information content (AvgIpc) is 3.47. The van der Waals surface area contributed by atoms with Crippen LogP contribution in [0.5, 0.6) is 0 Å². The van der Waals surface area contributed by atoms with E-state index >= 15 is 0 Å². The lowest BCUT2D eigenvalue weighted by atomic mass is 9.97. The fraction of sp³-hybridized carbons (Fsp3) is 0.672.